The molecule has 4 rings (SSSR count). The second kappa shape index (κ2) is 8.47. The Hall–Kier alpha value is -2.15. The van der Waals surface area contributed by atoms with Crippen molar-refractivity contribution in [2.24, 2.45) is 0 Å². The summed E-state index contributed by atoms with van der Waals surface area (Å²) >= 11 is 9.74. The van der Waals surface area contributed by atoms with Crippen LogP contribution in [0.2, 0.25) is 5.02 Å². The summed E-state index contributed by atoms with van der Waals surface area (Å²) in [6.45, 7) is 2.85. The molecule has 0 unspecified atom stereocenters. The Bertz CT molecular complexity index is 1020. The van der Waals surface area contributed by atoms with E-state index in [1.54, 1.807) is 17.2 Å². The minimum atomic E-state index is -0.0468. The number of nitrogens with one attached hydrogen (secondary N) is 1. The largest absolute Gasteiger partial charge is 0.380 e. The van der Waals surface area contributed by atoms with Gasteiger partial charge in [-0.2, -0.15) is 0 Å². The molecule has 0 aliphatic carbocycles. The Morgan fingerprint density at radius 2 is 2.04 bits per heavy atom. The highest BCUT2D eigenvalue weighted by molar-refractivity contribution is 9.10. The molecule has 0 bridgehead atoms. The zero-order valence-electron chi connectivity index (χ0n) is 15.1. The van der Waals surface area contributed by atoms with Crippen LogP contribution in [0, 0.1) is 0 Å². The fourth-order valence-corrected chi connectivity index (χ4v) is 3.91. The van der Waals surface area contributed by atoms with Crippen molar-refractivity contribution in [1.29, 1.82) is 0 Å². The molecule has 0 radical (unpaired) electrons. The summed E-state index contributed by atoms with van der Waals surface area (Å²) in [6.07, 6.45) is 1.65. The molecule has 1 saturated heterocycles. The van der Waals surface area contributed by atoms with Gasteiger partial charge < -0.3 is 15.0 Å². The van der Waals surface area contributed by atoms with E-state index in [0.29, 0.717) is 43.4 Å². The fraction of sp³-hybridized carbons (Fsp3) is 0.238. The quantitative estimate of drug-likeness (QED) is 0.611. The lowest BCUT2D eigenvalue weighted by molar-refractivity contribution is 0.0303. The predicted molar refractivity (Wildman–Crippen MR) is 115 cm³/mol. The Labute approximate surface area is 176 Å². The minimum Gasteiger partial charge on any atom is -0.380 e. The van der Waals surface area contributed by atoms with Crippen molar-refractivity contribution >= 4 is 50.0 Å². The first kappa shape index (κ1) is 19.2. The van der Waals surface area contributed by atoms with Crippen LogP contribution >= 0.6 is 27.5 Å². The van der Waals surface area contributed by atoms with E-state index in [2.05, 4.69) is 26.2 Å². The summed E-state index contributed by atoms with van der Waals surface area (Å²) in [5.74, 6) is -0.0468. The van der Waals surface area contributed by atoms with E-state index in [1.165, 1.54) is 0 Å². The van der Waals surface area contributed by atoms with E-state index in [-0.39, 0.29) is 5.91 Å². The smallest absolute Gasteiger partial charge is 0.257 e. The van der Waals surface area contributed by atoms with Gasteiger partial charge in [0.1, 0.15) is 0 Å². The molecular formula is C21H19BrClN3O2. The van der Waals surface area contributed by atoms with Crippen molar-refractivity contribution in [2.75, 3.05) is 31.6 Å². The van der Waals surface area contributed by atoms with Crippen LogP contribution in [-0.2, 0) is 11.3 Å². The second-order valence-corrected chi connectivity index (χ2v) is 7.95. The van der Waals surface area contributed by atoms with E-state index in [9.17, 15) is 4.79 Å². The number of anilines is 1. The molecule has 144 valence electrons. The number of hydrogen-bond acceptors (Lipinski definition) is 4. The van der Waals surface area contributed by atoms with Crippen molar-refractivity contribution in [2.45, 2.75) is 6.54 Å². The summed E-state index contributed by atoms with van der Waals surface area (Å²) in [6, 6.07) is 13.6. The summed E-state index contributed by atoms with van der Waals surface area (Å²) < 4.78 is 6.38. The van der Waals surface area contributed by atoms with Gasteiger partial charge in [0.25, 0.3) is 5.91 Å². The van der Waals surface area contributed by atoms with Crippen LogP contribution in [0.1, 0.15) is 15.9 Å². The predicted octanol–water partition coefficient (Wildman–Crippen LogP) is 4.74. The van der Waals surface area contributed by atoms with Crippen LogP contribution < -0.4 is 5.32 Å². The van der Waals surface area contributed by atoms with E-state index in [0.717, 1.165) is 26.6 Å². The van der Waals surface area contributed by atoms with E-state index < -0.39 is 0 Å². The van der Waals surface area contributed by atoms with Crippen LogP contribution in [0.25, 0.3) is 10.9 Å². The molecule has 0 atom stereocenters. The summed E-state index contributed by atoms with van der Waals surface area (Å²) in [4.78, 5) is 19.5. The molecule has 2 heterocycles. The van der Waals surface area contributed by atoms with Crippen molar-refractivity contribution in [3.05, 3.63) is 69.3 Å². The van der Waals surface area contributed by atoms with Crippen molar-refractivity contribution in [3.63, 3.8) is 0 Å². The highest BCUT2D eigenvalue weighted by Crippen LogP contribution is 2.30. The number of nitrogens with zero attached hydrogens (tertiary/aromatic N) is 2. The molecule has 2 aromatic carbocycles. The highest BCUT2D eigenvalue weighted by Gasteiger charge is 2.23. The molecule has 0 saturated carbocycles. The molecule has 1 aliphatic rings. The lowest BCUT2D eigenvalue weighted by Crippen LogP contribution is -2.41. The van der Waals surface area contributed by atoms with Crippen molar-refractivity contribution in [3.8, 4) is 0 Å². The average Bonchev–Trinajstić information content (AvgIpc) is 2.72. The normalized spacial score (nSPS) is 14.3. The monoisotopic (exact) mass is 459 g/mol. The third-order valence-electron chi connectivity index (χ3n) is 4.72. The number of halogens is 2. The fourth-order valence-electron chi connectivity index (χ4n) is 3.29. The van der Waals surface area contributed by atoms with Gasteiger partial charge in [-0.1, -0.05) is 39.7 Å². The third-order valence-corrected chi connectivity index (χ3v) is 5.45. The average molecular weight is 461 g/mol. The SMILES string of the molecule is O=C(c1cnc2ccc(Cl)cc2c1NCc1cccc(Br)c1)N1CCOCC1. The third kappa shape index (κ3) is 4.14. The summed E-state index contributed by atoms with van der Waals surface area (Å²) in [7, 11) is 0. The molecule has 7 heteroatoms. The van der Waals surface area contributed by atoms with Crippen molar-refractivity contribution in [1.82, 2.24) is 9.88 Å². The van der Waals surface area contributed by atoms with Crippen LogP contribution in [0.3, 0.4) is 0 Å². The number of hydrogen-bond donors (Lipinski definition) is 1. The number of morpholine rings is 1. The Morgan fingerprint density at radius 1 is 1.21 bits per heavy atom. The number of aromatic nitrogens is 1. The maximum Gasteiger partial charge on any atom is 0.257 e. The number of pyridine rings is 1. The zero-order valence-corrected chi connectivity index (χ0v) is 17.5. The molecule has 1 N–H and O–H groups in total. The number of amides is 1. The van der Waals surface area contributed by atoms with Gasteiger partial charge in [0.15, 0.2) is 0 Å². The molecule has 3 aromatic rings. The number of benzene rings is 2. The first-order chi connectivity index (χ1) is 13.6. The Kier molecular flexibility index (Phi) is 5.80. The van der Waals surface area contributed by atoms with Crippen LogP contribution in [0.15, 0.2) is 53.1 Å². The first-order valence-corrected chi connectivity index (χ1v) is 10.2. The van der Waals surface area contributed by atoms with Crippen LogP contribution in [-0.4, -0.2) is 42.1 Å². The number of carbonyl (C=O) groups excluding carboxylic acids is 1. The number of fused-ring (bicyclic) bond motifs is 1. The van der Waals surface area contributed by atoms with Gasteiger partial charge >= 0.3 is 0 Å². The van der Waals surface area contributed by atoms with Crippen molar-refractivity contribution < 1.29 is 9.53 Å². The standard InChI is InChI=1S/C21H19BrClN3O2/c22-15-3-1-2-14(10-15)12-25-20-17-11-16(23)4-5-19(17)24-13-18(20)21(27)26-6-8-28-9-7-26/h1-5,10-11,13H,6-9,12H2,(H,24,25). The molecule has 1 aliphatic heterocycles. The lowest BCUT2D eigenvalue weighted by atomic mass is 10.1. The second-order valence-electron chi connectivity index (χ2n) is 6.60. The van der Waals surface area contributed by atoms with E-state index in [1.807, 2.05) is 36.4 Å². The molecule has 1 aromatic heterocycles. The Balaban J connectivity index is 1.73. The number of rotatable bonds is 4. The summed E-state index contributed by atoms with van der Waals surface area (Å²) in [5.41, 5.74) is 3.20. The molecule has 5 nitrogen and oxygen atoms in total. The van der Waals surface area contributed by atoms with Gasteiger partial charge in [-0.15, -0.1) is 0 Å². The first-order valence-electron chi connectivity index (χ1n) is 9.05. The van der Waals surface area contributed by atoms with Gasteiger partial charge in [-0.3, -0.25) is 9.78 Å². The number of ether oxygens (including phenoxy) is 1. The van der Waals surface area contributed by atoms with Gasteiger partial charge in [0, 0.05) is 40.7 Å². The minimum absolute atomic E-state index is 0.0468. The van der Waals surface area contributed by atoms with Gasteiger partial charge in [-0.05, 0) is 35.9 Å². The summed E-state index contributed by atoms with van der Waals surface area (Å²) in [5, 5.41) is 4.89. The lowest BCUT2D eigenvalue weighted by Gasteiger charge is -2.28. The van der Waals surface area contributed by atoms with E-state index in [4.69, 9.17) is 16.3 Å². The van der Waals surface area contributed by atoms with Gasteiger partial charge in [0.05, 0.1) is 30.0 Å². The Morgan fingerprint density at radius 3 is 2.82 bits per heavy atom. The maximum absolute atomic E-state index is 13.2. The molecular weight excluding hydrogens is 442 g/mol. The van der Waals surface area contributed by atoms with Crippen LogP contribution in [0.4, 0.5) is 5.69 Å². The van der Waals surface area contributed by atoms with Gasteiger partial charge in [-0.25, -0.2) is 0 Å². The maximum atomic E-state index is 13.2. The molecule has 28 heavy (non-hydrogen) atoms. The zero-order chi connectivity index (χ0) is 19.5. The molecule has 1 fully saturated rings. The number of carbonyl (C=O) groups is 1. The van der Waals surface area contributed by atoms with E-state index >= 15 is 0 Å². The van der Waals surface area contributed by atoms with Gasteiger partial charge in [0.2, 0.25) is 0 Å². The molecule has 1 amide bonds. The topological polar surface area (TPSA) is 54.5 Å². The molecule has 0 spiro atoms. The highest BCUT2D eigenvalue weighted by atomic mass is 79.9. The van der Waals surface area contributed by atoms with Crippen LogP contribution in [0.5, 0.6) is 0 Å².